The molecule has 4 aliphatic rings. The molecular weight excluding hydrogens is 300 g/mol. The summed E-state index contributed by atoms with van der Waals surface area (Å²) in [6.45, 7) is 6.30. The second-order valence-corrected chi connectivity index (χ2v) is 9.58. The van der Waals surface area contributed by atoms with Crippen molar-refractivity contribution in [3.63, 3.8) is 0 Å². The van der Waals surface area contributed by atoms with Gasteiger partial charge in [0.15, 0.2) is 0 Å². The van der Waals surface area contributed by atoms with Gasteiger partial charge in [0.2, 0.25) is 0 Å². The number of ketones is 1. The zero-order chi connectivity index (χ0) is 17.1. The van der Waals surface area contributed by atoms with E-state index in [0.29, 0.717) is 23.0 Å². The standard InChI is InChI=1S/C21H32O3/c1-13(22)24-15-8-10-20(2)14(12-15)4-5-16-17-6-7-19(23)21(17,3)11-9-18(16)20/h14-18H,4-12H2,1-3H3/t14-,15-,16-,17+,18+,20-,21-/m0/s1. The number of rotatable bonds is 1. The summed E-state index contributed by atoms with van der Waals surface area (Å²) in [4.78, 5) is 23.8. The molecule has 3 nitrogen and oxygen atoms in total. The number of fused-ring (bicyclic) bond motifs is 5. The molecule has 4 aliphatic carbocycles. The molecule has 0 saturated heterocycles. The van der Waals surface area contributed by atoms with Gasteiger partial charge in [0, 0.05) is 18.8 Å². The number of hydrogen-bond acceptors (Lipinski definition) is 3. The molecule has 0 amide bonds. The van der Waals surface area contributed by atoms with Crippen LogP contribution in [0, 0.1) is 34.5 Å². The second-order valence-electron chi connectivity index (χ2n) is 9.58. The van der Waals surface area contributed by atoms with Gasteiger partial charge >= 0.3 is 5.97 Å². The molecule has 4 fully saturated rings. The Hall–Kier alpha value is -0.860. The van der Waals surface area contributed by atoms with Gasteiger partial charge in [-0.1, -0.05) is 13.8 Å². The van der Waals surface area contributed by atoms with E-state index in [1.54, 1.807) is 0 Å². The van der Waals surface area contributed by atoms with E-state index in [-0.39, 0.29) is 17.5 Å². The van der Waals surface area contributed by atoms with Gasteiger partial charge < -0.3 is 4.74 Å². The van der Waals surface area contributed by atoms with Gasteiger partial charge in [0.25, 0.3) is 0 Å². The molecule has 0 radical (unpaired) electrons. The summed E-state index contributed by atoms with van der Waals surface area (Å²) in [5.74, 6) is 3.26. The first kappa shape index (κ1) is 16.6. The van der Waals surface area contributed by atoms with Crippen molar-refractivity contribution >= 4 is 11.8 Å². The highest BCUT2D eigenvalue weighted by molar-refractivity contribution is 5.87. The Morgan fingerprint density at radius 3 is 2.58 bits per heavy atom. The van der Waals surface area contributed by atoms with Crippen molar-refractivity contribution in [2.45, 2.75) is 84.7 Å². The maximum absolute atomic E-state index is 12.5. The summed E-state index contributed by atoms with van der Waals surface area (Å²) in [5.41, 5.74) is 0.381. The smallest absolute Gasteiger partial charge is 0.302 e. The Labute approximate surface area is 145 Å². The maximum Gasteiger partial charge on any atom is 0.302 e. The highest BCUT2D eigenvalue weighted by Crippen LogP contribution is 2.65. The molecule has 0 aromatic rings. The lowest BCUT2D eigenvalue weighted by molar-refractivity contribution is -0.160. The molecule has 0 aromatic heterocycles. The van der Waals surface area contributed by atoms with Crippen LogP contribution in [0.15, 0.2) is 0 Å². The van der Waals surface area contributed by atoms with Gasteiger partial charge in [-0.2, -0.15) is 0 Å². The topological polar surface area (TPSA) is 43.4 Å². The third kappa shape index (κ3) is 2.29. The number of Topliss-reactive ketones (excluding diaryl/α,β-unsaturated/α-hetero) is 1. The molecule has 0 N–H and O–H groups in total. The predicted octanol–water partition coefficient (Wildman–Crippen LogP) is 4.53. The maximum atomic E-state index is 12.5. The fourth-order valence-corrected chi connectivity index (χ4v) is 7.33. The van der Waals surface area contributed by atoms with Crippen molar-refractivity contribution in [1.29, 1.82) is 0 Å². The highest BCUT2D eigenvalue weighted by Gasteiger charge is 2.60. The first-order valence-electron chi connectivity index (χ1n) is 10.0. The van der Waals surface area contributed by atoms with E-state index < -0.39 is 0 Å². The van der Waals surface area contributed by atoms with E-state index in [2.05, 4.69) is 13.8 Å². The summed E-state index contributed by atoms with van der Waals surface area (Å²) in [7, 11) is 0. The van der Waals surface area contributed by atoms with Crippen molar-refractivity contribution in [3.05, 3.63) is 0 Å². The SMILES string of the molecule is CC(=O)O[C@H]1CC[C@@]2(C)[C@@H](CC[C@@H]3[C@H]2CC[C@]2(C)C(=O)CC[C@H]32)C1. The van der Waals surface area contributed by atoms with Crippen molar-refractivity contribution in [1.82, 2.24) is 0 Å². The van der Waals surface area contributed by atoms with Crippen LogP contribution in [-0.2, 0) is 14.3 Å². The third-order valence-electron chi connectivity index (χ3n) is 8.66. The lowest BCUT2D eigenvalue weighted by atomic mass is 9.45. The first-order valence-corrected chi connectivity index (χ1v) is 10.0. The molecule has 4 saturated carbocycles. The minimum atomic E-state index is -0.129. The summed E-state index contributed by atoms with van der Waals surface area (Å²) in [5, 5.41) is 0. The van der Waals surface area contributed by atoms with Crippen LogP contribution in [-0.4, -0.2) is 17.9 Å². The predicted molar refractivity (Wildman–Crippen MR) is 92.3 cm³/mol. The quantitative estimate of drug-likeness (QED) is 0.663. The fourth-order valence-electron chi connectivity index (χ4n) is 7.33. The number of ether oxygens (including phenoxy) is 1. The van der Waals surface area contributed by atoms with E-state index >= 15 is 0 Å². The van der Waals surface area contributed by atoms with Gasteiger partial charge in [-0.15, -0.1) is 0 Å². The Bertz CT molecular complexity index is 555. The lowest BCUT2D eigenvalue weighted by Gasteiger charge is -2.60. The van der Waals surface area contributed by atoms with E-state index in [1.165, 1.54) is 32.6 Å². The molecule has 4 rings (SSSR count). The van der Waals surface area contributed by atoms with Crippen LogP contribution in [0.25, 0.3) is 0 Å². The van der Waals surface area contributed by atoms with Gasteiger partial charge in [0.05, 0.1) is 0 Å². The zero-order valence-corrected chi connectivity index (χ0v) is 15.5. The van der Waals surface area contributed by atoms with Crippen LogP contribution in [0.3, 0.4) is 0 Å². The zero-order valence-electron chi connectivity index (χ0n) is 15.5. The van der Waals surface area contributed by atoms with Crippen molar-refractivity contribution in [2.24, 2.45) is 34.5 Å². The molecule has 0 bridgehead atoms. The molecule has 0 aliphatic heterocycles. The average molecular weight is 332 g/mol. The monoisotopic (exact) mass is 332 g/mol. The van der Waals surface area contributed by atoms with Gasteiger partial charge in [-0.05, 0) is 80.5 Å². The van der Waals surface area contributed by atoms with Crippen LogP contribution in [0.1, 0.15) is 78.6 Å². The van der Waals surface area contributed by atoms with E-state index in [0.717, 1.165) is 43.9 Å². The molecule has 7 atom stereocenters. The number of hydrogen-bond donors (Lipinski definition) is 0. The van der Waals surface area contributed by atoms with Crippen LogP contribution in [0.2, 0.25) is 0 Å². The number of esters is 1. The summed E-state index contributed by atoms with van der Waals surface area (Å²) >= 11 is 0. The van der Waals surface area contributed by atoms with Crippen molar-refractivity contribution in [2.75, 3.05) is 0 Å². The Balaban J connectivity index is 1.54. The van der Waals surface area contributed by atoms with Crippen LogP contribution in [0.5, 0.6) is 0 Å². The van der Waals surface area contributed by atoms with E-state index in [9.17, 15) is 9.59 Å². The normalized spacial score (nSPS) is 50.6. The number of carbonyl (C=O) groups is 2. The fraction of sp³-hybridized carbons (Fsp3) is 0.905. The lowest BCUT2D eigenvalue weighted by Crippen LogP contribution is -2.54. The average Bonchev–Trinajstić information content (AvgIpc) is 2.83. The van der Waals surface area contributed by atoms with Crippen LogP contribution >= 0.6 is 0 Å². The molecule has 0 heterocycles. The van der Waals surface area contributed by atoms with Crippen molar-refractivity contribution < 1.29 is 14.3 Å². The van der Waals surface area contributed by atoms with Gasteiger partial charge in [0.1, 0.15) is 11.9 Å². The number of carbonyl (C=O) groups excluding carboxylic acids is 2. The Morgan fingerprint density at radius 1 is 1.04 bits per heavy atom. The molecule has 0 aromatic carbocycles. The molecule has 0 spiro atoms. The van der Waals surface area contributed by atoms with E-state index in [1.807, 2.05) is 0 Å². The molecule has 0 unspecified atom stereocenters. The molecule has 3 heteroatoms. The van der Waals surface area contributed by atoms with Crippen molar-refractivity contribution in [3.8, 4) is 0 Å². The van der Waals surface area contributed by atoms with Crippen LogP contribution < -0.4 is 0 Å². The third-order valence-corrected chi connectivity index (χ3v) is 8.66. The minimum absolute atomic E-state index is 0.0146. The second kappa shape index (κ2) is 5.57. The van der Waals surface area contributed by atoms with Gasteiger partial charge in [-0.25, -0.2) is 0 Å². The Kier molecular flexibility index (Phi) is 3.85. The Morgan fingerprint density at radius 2 is 1.83 bits per heavy atom. The summed E-state index contributed by atoms with van der Waals surface area (Å²) in [6.07, 6.45) is 10.2. The minimum Gasteiger partial charge on any atom is -0.463 e. The van der Waals surface area contributed by atoms with E-state index in [4.69, 9.17) is 4.74 Å². The first-order chi connectivity index (χ1) is 11.3. The molecule has 134 valence electrons. The summed E-state index contributed by atoms with van der Waals surface area (Å²) < 4.78 is 5.54. The van der Waals surface area contributed by atoms with Crippen LogP contribution in [0.4, 0.5) is 0 Å². The molecule has 24 heavy (non-hydrogen) atoms. The molecular formula is C21H32O3. The largest absolute Gasteiger partial charge is 0.463 e. The highest BCUT2D eigenvalue weighted by atomic mass is 16.5. The van der Waals surface area contributed by atoms with Gasteiger partial charge in [-0.3, -0.25) is 9.59 Å². The summed E-state index contributed by atoms with van der Waals surface area (Å²) in [6, 6.07) is 0.